The SMILES string of the molecule is O=C(NC(CCNC(=O)C1CCC1)C(=O)N1CCN(C(=O)O)CC1)c1cc(OCC(=O)N2CCCC2C(=O)NC2CCC2)n(-c2ccccc2)n1. The number of piperazine rings is 1. The van der Waals surface area contributed by atoms with Crippen LogP contribution in [0.3, 0.4) is 0 Å². The average molecular weight is 707 g/mol. The lowest BCUT2D eigenvalue weighted by molar-refractivity contribution is -0.140. The third kappa shape index (κ3) is 8.60. The Morgan fingerprint density at radius 3 is 2.22 bits per heavy atom. The van der Waals surface area contributed by atoms with Crippen LogP contribution in [0.15, 0.2) is 36.4 Å². The van der Waals surface area contributed by atoms with Gasteiger partial charge < -0.3 is 40.5 Å². The van der Waals surface area contributed by atoms with Gasteiger partial charge in [0.15, 0.2) is 12.3 Å². The Kier molecular flexibility index (Phi) is 11.4. The van der Waals surface area contributed by atoms with Crippen molar-refractivity contribution in [3.05, 3.63) is 42.1 Å². The number of para-hydroxylation sites is 1. The zero-order valence-electron chi connectivity index (χ0n) is 28.6. The Morgan fingerprint density at radius 1 is 0.863 bits per heavy atom. The number of hydrogen-bond acceptors (Lipinski definition) is 8. The minimum Gasteiger partial charge on any atom is -0.467 e. The predicted octanol–water partition coefficient (Wildman–Crippen LogP) is 1.14. The highest BCUT2D eigenvalue weighted by Gasteiger charge is 2.36. The first-order valence-electron chi connectivity index (χ1n) is 17.9. The largest absolute Gasteiger partial charge is 0.467 e. The van der Waals surface area contributed by atoms with Gasteiger partial charge in [-0.15, -0.1) is 0 Å². The number of rotatable bonds is 13. The van der Waals surface area contributed by atoms with Gasteiger partial charge in [0.05, 0.1) is 5.69 Å². The third-order valence-corrected chi connectivity index (χ3v) is 10.3. The van der Waals surface area contributed by atoms with Gasteiger partial charge in [-0.3, -0.25) is 24.0 Å². The van der Waals surface area contributed by atoms with Crippen LogP contribution >= 0.6 is 0 Å². The minimum absolute atomic E-state index is 0.0362. The van der Waals surface area contributed by atoms with Gasteiger partial charge in [-0.25, -0.2) is 9.48 Å². The maximum absolute atomic E-state index is 13.7. The molecule has 6 amide bonds. The molecule has 2 saturated heterocycles. The van der Waals surface area contributed by atoms with E-state index in [1.165, 1.54) is 20.5 Å². The van der Waals surface area contributed by atoms with Crippen LogP contribution in [0.2, 0.25) is 0 Å². The van der Waals surface area contributed by atoms with Gasteiger partial charge in [0.2, 0.25) is 23.6 Å². The highest BCUT2D eigenvalue weighted by atomic mass is 16.5. The summed E-state index contributed by atoms with van der Waals surface area (Å²) in [5.74, 6) is -1.55. The molecule has 2 unspecified atom stereocenters. The standard InChI is InChI=1S/C35H46N8O8/c44-29(42-16-6-13-28(42)33(47)37-24-9-5-10-24)22-51-30-21-27(39-43(30)25-11-2-1-3-12-25)32(46)38-26(14-15-36-31(45)23-7-4-8-23)34(48)40-17-19-41(20-18-40)35(49)50/h1-3,11-12,21,23-24,26,28H,4-10,13-20,22H2,(H,36,45)(H,37,47)(H,38,46)(H,49,50). The predicted molar refractivity (Wildman–Crippen MR) is 182 cm³/mol. The lowest BCUT2D eigenvalue weighted by atomic mass is 9.85. The summed E-state index contributed by atoms with van der Waals surface area (Å²) in [6.45, 7) is 0.845. The van der Waals surface area contributed by atoms with Gasteiger partial charge in [0, 0.05) is 57.3 Å². The van der Waals surface area contributed by atoms with Crippen molar-refractivity contribution in [2.24, 2.45) is 5.92 Å². The van der Waals surface area contributed by atoms with Crippen LogP contribution in [0.1, 0.15) is 68.3 Å². The molecule has 2 aliphatic carbocycles. The fraction of sp³-hybridized carbons (Fsp3) is 0.571. The Hall–Kier alpha value is -5.15. The quantitative estimate of drug-likeness (QED) is 0.236. The van der Waals surface area contributed by atoms with E-state index >= 15 is 0 Å². The third-order valence-electron chi connectivity index (χ3n) is 10.3. The second-order valence-corrected chi connectivity index (χ2v) is 13.6. The monoisotopic (exact) mass is 706 g/mol. The Balaban J connectivity index is 1.14. The van der Waals surface area contributed by atoms with Crippen LogP contribution in [-0.2, 0) is 19.2 Å². The molecule has 0 radical (unpaired) electrons. The summed E-state index contributed by atoms with van der Waals surface area (Å²) >= 11 is 0. The number of benzene rings is 1. The summed E-state index contributed by atoms with van der Waals surface area (Å²) in [5.41, 5.74) is 0.507. The smallest absolute Gasteiger partial charge is 0.407 e. The van der Waals surface area contributed by atoms with Crippen LogP contribution in [0, 0.1) is 5.92 Å². The molecule has 2 aromatic rings. The summed E-state index contributed by atoms with van der Waals surface area (Å²) in [7, 11) is 0. The number of carboxylic acid groups (broad SMARTS) is 1. The van der Waals surface area contributed by atoms with Crippen LogP contribution in [0.4, 0.5) is 4.79 Å². The van der Waals surface area contributed by atoms with E-state index in [2.05, 4.69) is 21.0 Å². The van der Waals surface area contributed by atoms with E-state index in [0.717, 1.165) is 38.5 Å². The number of nitrogens with one attached hydrogen (secondary N) is 3. The number of nitrogens with zero attached hydrogens (tertiary/aromatic N) is 5. The zero-order chi connectivity index (χ0) is 35.9. The number of likely N-dealkylation sites (tertiary alicyclic amines) is 1. The van der Waals surface area contributed by atoms with Crippen molar-refractivity contribution in [1.82, 2.24) is 40.4 Å². The van der Waals surface area contributed by atoms with Gasteiger partial charge in [0.25, 0.3) is 11.8 Å². The van der Waals surface area contributed by atoms with Gasteiger partial charge in [-0.2, -0.15) is 5.10 Å². The van der Waals surface area contributed by atoms with Gasteiger partial charge in [-0.1, -0.05) is 24.6 Å². The van der Waals surface area contributed by atoms with E-state index in [1.807, 2.05) is 6.07 Å². The number of ether oxygens (including phenoxy) is 1. The molecular formula is C35H46N8O8. The maximum atomic E-state index is 13.7. The van der Waals surface area contributed by atoms with Gasteiger partial charge in [0.1, 0.15) is 12.1 Å². The first-order valence-corrected chi connectivity index (χ1v) is 17.9. The Bertz CT molecular complexity index is 1600. The molecule has 2 atom stereocenters. The minimum atomic E-state index is -1.06. The highest BCUT2D eigenvalue weighted by Crippen LogP contribution is 2.26. The first kappa shape index (κ1) is 35.7. The van der Waals surface area contributed by atoms with Crippen molar-refractivity contribution in [2.75, 3.05) is 45.9 Å². The topological polar surface area (TPSA) is 196 Å². The van der Waals surface area contributed by atoms with E-state index in [-0.39, 0.29) is 87.0 Å². The Morgan fingerprint density at radius 2 is 1.57 bits per heavy atom. The van der Waals surface area contributed by atoms with E-state index in [4.69, 9.17) is 4.74 Å². The molecule has 1 aromatic heterocycles. The fourth-order valence-electron chi connectivity index (χ4n) is 6.72. The van der Waals surface area contributed by atoms with Crippen LogP contribution in [0.25, 0.3) is 5.69 Å². The number of aromatic nitrogens is 2. The highest BCUT2D eigenvalue weighted by molar-refractivity contribution is 5.96. The summed E-state index contributed by atoms with van der Waals surface area (Å²) < 4.78 is 7.36. The molecule has 0 bridgehead atoms. The number of carbonyl (C=O) groups is 6. The van der Waals surface area contributed by atoms with Gasteiger partial charge in [-0.05, 0) is 63.5 Å². The van der Waals surface area contributed by atoms with Crippen LogP contribution in [-0.4, -0.2) is 129 Å². The van der Waals surface area contributed by atoms with E-state index in [9.17, 15) is 33.9 Å². The molecule has 4 N–H and O–H groups in total. The molecule has 16 nitrogen and oxygen atoms in total. The summed E-state index contributed by atoms with van der Waals surface area (Å²) in [6, 6.07) is 8.91. The van der Waals surface area contributed by atoms with Crippen molar-refractivity contribution < 1.29 is 38.6 Å². The van der Waals surface area contributed by atoms with E-state index < -0.39 is 30.0 Å². The van der Waals surface area contributed by atoms with Gasteiger partial charge >= 0.3 is 6.09 Å². The molecule has 2 aliphatic heterocycles. The number of amides is 6. The van der Waals surface area contributed by atoms with Crippen molar-refractivity contribution in [3.63, 3.8) is 0 Å². The van der Waals surface area contributed by atoms with E-state index in [1.54, 1.807) is 29.2 Å². The number of carbonyl (C=O) groups excluding carboxylic acids is 5. The second kappa shape index (κ2) is 16.2. The molecule has 4 fully saturated rings. The fourth-order valence-corrected chi connectivity index (χ4v) is 6.72. The number of hydrogen-bond donors (Lipinski definition) is 4. The average Bonchev–Trinajstić information content (AvgIpc) is 3.76. The molecule has 2 saturated carbocycles. The van der Waals surface area contributed by atoms with E-state index in [0.29, 0.717) is 25.1 Å². The molecule has 3 heterocycles. The van der Waals surface area contributed by atoms with Crippen LogP contribution < -0.4 is 20.7 Å². The Labute approximate surface area is 295 Å². The molecule has 51 heavy (non-hydrogen) atoms. The second-order valence-electron chi connectivity index (χ2n) is 13.6. The lowest BCUT2D eigenvalue weighted by Gasteiger charge is -2.35. The molecule has 6 rings (SSSR count). The molecule has 0 spiro atoms. The maximum Gasteiger partial charge on any atom is 0.407 e. The van der Waals surface area contributed by atoms with Crippen molar-refractivity contribution in [2.45, 2.75) is 75.9 Å². The normalized spacial score (nSPS) is 19.8. The lowest BCUT2D eigenvalue weighted by Crippen LogP contribution is -2.56. The van der Waals surface area contributed by atoms with Crippen molar-refractivity contribution in [3.8, 4) is 11.6 Å². The molecular weight excluding hydrogens is 660 g/mol. The van der Waals surface area contributed by atoms with Crippen LogP contribution in [0.5, 0.6) is 5.88 Å². The summed E-state index contributed by atoms with van der Waals surface area (Å²) in [6.07, 6.45) is 5.98. The van der Waals surface area contributed by atoms with Crippen molar-refractivity contribution >= 4 is 35.6 Å². The first-order chi connectivity index (χ1) is 24.7. The molecule has 274 valence electrons. The summed E-state index contributed by atoms with van der Waals surface area (Å²) in [4.78, 5) is 81.8. The van der Waals surface area contributed by atoms with Crippen molar-refractivity contribution in [1.29, 1.82) is 0 Å². The molecule has 1 aromatic carbocycles. The molecule has 4 aliphatic rings. The summed E-state index contributed by atoms with van der Waals surface area (Å²) in [5, 5.41) is 22.5. The molecule has 16 heteroatoms. The zero-order valence-corrected chi connectivity index (χ0v) is 28.6.